The van der Waals surface area contributed by atoms with Crippen LogP contribution < -0.4 is 5.73 Å². The van der Waals surface area contributed by atoms with Gasteiger partial charge < -0.3 is 10.5 Å². The topological polar surface area (TPSA) is 48.1 Å². The summed E-state index contributed by atoms with van der Waals surface area (Å²) in [7, 11) is 0. The lowest BCUT2D eigenvalue weighted by molar-refractivity contribution is 0.120. The Labute approximate surface area is 95.2 Å². The Hall–Kier alpha value is -1.45. The SMILES string of the molecule is NCCCOCc1cnc2ccccc2c1. The number of hydrogen-bond donors (Lipinski definition) is 1. The molecule has 1 heterocycles. The summed E-state index contributed by atoms with van der Waals surface area (Å²) in [5, 5.41) is 1.16. The predicted octanol–water partition coefficient (Wildman–Crippen LogP) is 2.10. The first-order chi connectivity index (χ1) is 7.90. The van der Waals surface area contributed by atoms with E-state index >= 15 is 0 Å². The lowest BCUT2D eigenvalue weighted by Crippen LogP contribution is -2.04. The van der Waals surface area contributed by atoms with E-state index in [1.54, 1.807) is 0 Å². The molecule has 0 fully saturated rings. The molecule has 0 bridgehead atoms. The van der Waals surface area contributed by atoms with E-state index in [-0.39, 0.29) is 0 Å². The maximum Gasteiger partial charge on any atom is 0.0732 e. The Morgan fingerprint density at radius 2 is 2.12 bits per heavy atom. The van der Waals surface area contributed by atoms with Gasteiger partial charge >= 0.3 is 0 Å². The smallest absolute Gasteiger partial charge is 0.0732 e. The number of rotatable bonds is 5. The lowest BCUT2D eigenvalue weighted by Gasteiger charge is -2.04. The molecule has 1 aromatic heterocycles. The number of nitrogens with zero attached hydrogens (tertiary/aromatic N) is 1. The van der Waals surface area contributed by atoms with Crippen molar-refractivity contribution in [1.29, 1.82) is 0 Å². The maximum atomic E-state index is 5.49. The van der Waals surface area contributed by atoms with Crippen molar-refractivity contribution in [2.24, 2.45) is 5.73 Å². The first-order valence-corrected chi connectivity index (χ1v) is 5.51. The quantitative estimate of drug-likeness (QED) is 0.779. The molecule has 0 saturated heterocycles. The van der Waals surface area contributed by atoms with Gasteiger partial charge in [-0.15, -0.1) is 0 Å². The zero-order valence-corrected chi connectivity index (χ0v) is 9.23. The van der Waals surface area contributed by atoms with Crippen molar-refractivity contribution in [2.45, 2.75) is 13.0 Å². The highest BCUT2D eigenvalue weighted by molar-refractivity contribution is 5.78. The van der Waals surface area contributed by atoms with Crippen LogP contribution in [0.15, 0.2) is 36.5 Å². The second-order valence-corrected chi connectivity index (χ2v) is 3.73. The molecular formula is C13H16N2O. The molecule has 1 aromatic carbocycles. The Bertz CT molecular complexity index is 456. The van der Waals surface area contributed by atoms with Gasteiger partial charge in [0.25, 0.3) is 0 Å². The van der Waals surface area contributed by atoms with Gasteiger partial charge in [-0.1, -0.05) is 18.2 Å². The van der Waals surface area contributed by atoms with Crippen molar-refractivity contribution in [1.82, 2.24) is 4.98 Å². The van der Waals surface area contributed by atoms with Crippen LogP contribution in [-0.2, 0) is 11.3 Å². The van der Waals surface area contributed by atoms with Crippen LogP contribution in [0.25, 0.3) is 10.9 Å². The van der Waals surface area contributed by atoms with Crippen LogP contribution in [0.2, 0.25) is 0 Å². The van der Waals surface area contributed by atoms with E-state index in [9.17, 15) is 0 Å². The van der Waals surface area contributed by atoms with Crippen LogP contribution in [0.4, 0.5) is 0 Å². The van der Waals surface area contributed by atoms with Gasteiger partial charge in [0.2, 0.25) is 0 Å². The zero-order valence-electron chi connectivity index (χ0n) is 9.23. The number of hydrogen-bond acceptors (Lipinski definition) is 3. The maximum absolute atomic E-state index is 5.49. The molecule has 16 heavy (non-hydrogen) atoms. The number of pyridine rings is 1. The van der Waals surface area contributed by atoms with Crippen molar-refractivity contribution in [3.05, 3.63) is 42.1 Å². The first kappa shape index (κ1) is 11.0. The van der Waals surface area contributed by atoms with E-state index < -0.39 is 0 Å². The third-order valence-corrected chi connectivity index (χ3v) is 2.41. The van der Waals surface area contributed by atoms with Gasteiger partial charge in [-0.2, -0.15) is 0 Å². The van der Waals surface area contributed by atoms with Crippen molar-refractivity contribution < 1.29 is 4.74 Å². The largest absolute Gasteiger partial charge is 0.377 e. The third kappa shape index (κ3) is 2.78. The Morgan fingerprint density at radius 3 is 3.00 bits per heavy atom. The molecule has 0 unspecified atom stereocenters. The molecule has 2 rings (SSSR count). The van der Waals surface area contributed by atoms with Gasteiger partial charge in [0.1, 0.15) is 0 Å². The number of benzene rings is 1. The van der Waals surface area contributed by atoms with Crippen molar-refractivity contribution in [3.63, 3.8) is 0 Å². The Kier molecular flexibility index (Phi) is 3.86. The van der Waals surface area contributed by atoms with Crippen LogP contribution in [0, 0.1) is 0 Å². The molecule has 3 nitrogen and oxygen atoms in total. The normalized spacial score (nSPS) is 10.8. The minimum Gasteiger partial charge on any atom is -0.377 e. The summed E-state index contributed by atoms with van der Waals surface area (Å²) < 4.78 is 5.49. The highest BCUT2D eigenvalue weighted by Crippen LogP contribution is 2.13. The van der Waals surface area contributed by atoms with Crippen molar-refractivity contribution in [3.8, 4) is 0 Å². The van der Waals surface area contributed by atoms with Gasteiger partial charge in [-0.05, 0) is 30.7 Å². The van der Waals surface area contributed by atoms with Crippen LogP contribution in [0.5, 0.6) is 0 Å². The number of nitrogens with two attached hydrogens (primary N) is 1. The molecule has 84 valence electrons. The third-order valence-electron chi connectivity index (χ3n) is 2.41. The first-order valence-electron chi connectivity index (χ1n) is 5.51. The fourth-order valence-electron chi connectivity index (χ4n) is 1.57. The Morgan fingerprint density at radius 1 is 1.25 bits per heavy atom. The average Bonchev–Trinajstić information content (AvgIpc) is 2.34. The van der Waals surface area contributed by atoms with E-state index in [0.29, 0.717) is 19.8 Å². The van der Waals surface area contributed by atoms with Gasteiger partial charge in [0.15, 0.2) is 0 Å². The molecule has 2 N–H and O–H groups in total. The molecule has 0 aliphatic heterocycles. The molecule has 0 atom stereocenters. The molecule has 3 heteroatoms. The van der Waals surface area contributed by atoms with Gasteiger partial charge in [0.05, 0.1) is 12.1 Å². The van der Waals surface area contributed by atoms with Crippen LogP contribution in [-0.4, -0.2) is 18.1 Å². The fraction of sp³-hybridized carbons (Fsp3) is 0.308. The lowest BCUT2D eigenvalue weighted by atomic mass is 10.2. The van der Waals surface area contributed by atoms with E-state index in [1.165, 1.54) is 0 Å². The minimum atomic E-state index is 0.609. The van der Waals surface area contributed by atoms with Gasteiger partial charge in [-0.25, -0.2) is 0 Å². The summed E-state index contributed by atoms with van der Waals surface area (Å²) in [6, 6.07) is 10.2. The molecule has 0 spiro atoms. The molecule has 2 aromatic rings. The molecule has 0 aliphatic rings. The van der Waals surface area contributed by atoms with Gasteiger partial charge in [-0.3, -0.25) is 4.98 Å². The molecule has 0 saturated carbocycles. The summed E-state index contributed by atoms with van der Waals surface area (Å²) >= 11 is 0. The van der Waals surface area contributed by atoms with Crippen LogP contribution in [0.3, 0.4) is 0 Å². The van der Waals surface area contributed by atoms with E-state index in [1.807, 2.05) is 24.4 Å². The number of fused-ring (bicyclic) bond motifs is 1. The summed E-state index contributed by atoms with van der Waals surface area (Å²) in [5.41, 5.74) is 7.52. The number of para-hydroxylation sites is 1. The zero-order chi connectivity index (χ0) is 11.2. The number of aromatic nitrogens is 1. The predicted molar refractivity (Wildman–Crippen MR) is 65.1 cm³/mol. The summed E-state index contributed by atoms with van der Waals surface area (Å²) in [4.78, 5) is 4.38. The van der Waals surface area contributed by atoms with Crippen LogP contribution >= 0.6 is 0 Å². The van der Waals surface area contributed by atoms with Crippen molar-refractivity contribution in [2.75, 3.05) is 13.2 Å². The minimum absolute atomic E-state index is 0.609. The van der Waals surface area contributed by atoms with E-state index in [4.69, 9.17) is 10.5 Å². The second kappa shape index (κ2) is 5.58. The second-order valence-electron chi connectivity index (χ2n) is 3.73. The molecule has 0 amide bonds. The number of ether oxygens (including phenoxy) is 1. The standard InChI is InChI=1S/C13H16N2O/c14-6-3-7-16-10-11-8-12-4-1-2-5-13(12)15-9-11/h1-2,4-5,8-9H,3,6-7,10,14H2. The fourth-order valence-corrected chi connectivity index (χ4v) is 1.57. The van der Waals surface area contributed by atoms with E-state index in [2.05, 4.69) is 17.1 Å². The monoisotopic (exact) mass is 216 g/mol. The summed E-state index contributed by atoms with van der Waals surface area (Å²) in [5.74, 6) is 0. The highest BCUT2D eigenvalue weighted by atomic mass is 16.5. The summed E-state index contributed by atoms with van der Waals surface area (Å²) in [6.07, 6.45) is 2.77. The molecule has 0 radical (unpaired) electrons. The summed E-state index contributed by atoms with van der Waals surface area (Å²) in [6.45, 7) is 2.00. The van der Waals surface area contributed by atoms with Crippen molar-refractivity contribution >= 4 is 10.9 Å². The van der Waals surface area contributed by atoms with E-state index in [0.717, 1.165) is 22.9 Å². The Balaban J connectivity index is 2.02. The highest BCUT2D eigenvalue weighted by Gasteiger charge is 1.97. The molecule has 0 aliphatic carbocycles. The van der Waals surface area contributed by atoms with Crippen LogP contribution in [0.1, 0.15) is 12.0 Å². The average molecular weight is 216 g/mol. The molecular weight excluding hydrogens is 200 g/mol. The van der Waals surface area contributed by atoms with Gasteiger partial charge in [0, 0.05) is 18.2 Å².